The van der Waals surface area contributed by atoms with Crippen molar-refractivity contribution in [2.45, 2.75) is 39.2 Å². The first-order valence-corrected chi connectivity index (χ1v) is 10.7. The standard InChI is InChI=1S/C22H30N4O5/c1-4-6-16-7-9-17(10-8-16)22(3)19(28)26(20(29)23-22)15-18(27)24-11-13-25(14-12-24)21(30)31-5-2/h7-10H,4-6,11-15H2,1-3H3,(H,23,29). The van der Waals surface area contributed by atoms with Crippen LogP contribution in [0.5, 0.6) is 0 Å². The van der Waals surface area contributed by atoms with Crippen molar-refractivity contribution >= 4 is 23.9 Å². The van der Waals surface area contributed by atoms with Crippen molar-refractivity contribution in [2.24, 2.45) is 0 Å². The quantitative estimate of drug-likeness (QED) is 0.693. The van der Waals surface area contributed by atoms with Gasteiger partial charge in [-0.1, -0.05) is 37.6 Å². The van der Waals surface area contributed by atoms with E-state index in [2.05, 4.69) is 12.2 Å². The maximum atomic E-state index is 13.1. The summed E-state index contributed by atoms with van der Waals surface area (Å²) in [6, 6.07) is 7.04. The van der Waals surface area contributed by atoms with E-state index in [1.807, 2.05) is 24.3 Å². The molecule has 1 unspecified atom stereocenters. The number of rotatable bonds is 6. The van der Waals surface area contributed by atoms with E-state index in [1.54, 1.807) is 23.6 Å². The molecule has 2 fully saturated rings. The molecule has 0 saturated carbocycles. The van der Waals surface area contributed by atoms with Gasteiger partial charge >= 0.3 is 12.1 Å². The zero-order valence-corrected chi connectivity index (χ0v) is 18.3. The first-order chi connectivity index (χ1) is 14.8. The van der Waals surface area contributed by atoms with Crippen LogP contribution < -0.4 is 5.32 Å². The summed E-state index contributed by atoms with van der Waals surface area (Å²) in [5.41, 5.74) is 0.648. The van der Waals surface area contributed by atoms with Crippen molar-refractivity contribution in [3.63, 3.8) is 0 Å². The lowest BCUT2D eigenvalue weighted by atomic mass is 9.91. The number of aryl methyl sites for hydroxylation is 1. The molecule has 2 aliphatic heterocycles. The highest BCUT2D eigenvalue weighted by Crippen LogP contribution is 2.29. The molecule has 2 aliphatic rings. The summed E-state index contributed by atoms with van der Waals surface area (Å²) >= 11 is 0. The molecule has 0 spiro atoms. The van der Waals surface area contributed by atoms with Crippen molar-refractivity contribution < 1.29 is 23.9 Å². The van der Waals surface area contributed by atoms with Crippen LogP contribution in [0.4, 0.5) is 9.59 Å². The van der Waals surface area contributed by atoms with Gasteiger partial charge in [-0.2, -0.15) is 0 Å². The fourth-order valence-corrected chi connectivity index (χ4v) is 3.92. The fourth-order valence-electron chi connectivity index (χ4n) is 3.92. The van der Waals surface area contributed by atoms with E-state index in [1.165, 1.54) is 5.56 Å². The van der Waals surface area contributed by atoms with Crippen molar-refractivity contribution in [2.75, 3.05) is 39.3 Å². The molecule has 0 aromatic heterocycles. The number of nitrogens with zero attached hydrogens (tertiary/aromatic N) is 3. The first-order valence-electron chi connectivity index (χ1n) is 10.7. The van der Waals surface area contributed by atoms with Crippen molar-refractivity contribution in [3.8, 4) is 0 Å². The molecular weight excluding hydrogens is 400 g/mol. The van der Waals surface area contributed by atoms with E-state index in [0.717, 1.165) is 17.7 Å². The molecule has 0 aliphatic carbocycles. The van der Waals surface area contributed by atoms with Crippen LogP contribution in [0.2, 0.25) is 0 Å². The number of ether oxygens (including phenoxy) is 1. The Morgan fingerprint density at radius 1 is 1.03 bits per heavy atom. The largest absolute Gasteiger partial charge is 0.450 e. The second kappa shape index (κ2) is 9.36. The van der Waals surface area contributed by atoms with Crippen molar-refractivity contribution in [1.29, 1.82) is 0 Å². The number of hydrogen-bond acceptors (Lipinski definition) is 5. The number of urea groups is 1. The van der Waals surface area contributed by atoms with Crippen LogP contribution in [0.15, 0.2) is 24.3 Å². The molecule has 1 aromatic rings. The van der Waals surface area contributed by atoms with Gasteiger partial charge in [-0.25, -0.2) is 9.59 Å². The maximum Gasteiger partial charge on any atom is 0.409 e. The highest BCUT2D eigenvalue weighted by molar-refractivity contribution is 6.09. The average Bonchev–Trinajstić information content (AvgIpc) is 2.98. The molecule has 1 aromatic carbocycles. The van der Waals surface area contributed by atoms with Gasteiger partial charge in [-0.05, 0) is 31.4 Å². The highest BCUT2D eigenvalue weighted by atomic mass is 16.6. The van der Waals surface area contributed by atoms with Gasteiger partial charge < -0.3 is 19.9 Å². The molecule has 31 heavy (non-hydrogen) atoms. The van der Waals surface area contributed by atoms with Gasteiger partial charge in [0.05, 0.1) is 6.61 Å². The second-order valence-corrected chi connectivity index (χ2v) is 7.96. The Kier molecular flexibility index (Phi) is 6.82. The number of carbonyl (C=O) groups excluding carboxylic acids is 4. The Labute approximate surface area is 182 Å². The number of nitrogens with one attached hydrogen (secondary N) is 1. The van der Waals surface area contributed by atoms with Crippen LogP contribution in [0.3, 0.4) is 0 Å². The normalized spacial score (nSPS) is 21.3. The van der Waals surface area contributed by atoms with Crippen LogP contribution in [0.1, 0.15) is 38.3 Å². The number of benzene rings is 1. The van der Waals surface area contributed by atoms with E-state index in [-0.39, 0.29) is 12.5 Å². The Balaban J connectivity index is 1.62. The Bertz CT molecular complexity index is 848. The number of piperazine rings is 1. The monoisotopic (exact) mass is 430 g/mol. The Morgan fingerprint density at radius 3 is 2.23 bits per heavy atom. The topological polar surface area (TPSA) is 99.3 Å². The summed E-state index contributed by atoms with van der Waals surface area (Å²) in [7, 11) is 0. The van der Waals surface area contributed by atoms with Crippen LogP contribution in [0.25, 0.3) is 0 Å². The minimum absolute atomic E-state index is 0.296. The van der Waals surface area contributed by atoms with Crippen molar-refractivity contribution in [1.82, 2.24) is 20.0 Å². The van der Waals surface area contributed by atoms with E-state index < -0.39 is 23.6 Å². The predicted molar refractivity (Wildman–Crippen MR) is 113 cm³/mol. The summed E-state index contributed by atoms with van der Waals surface area (Å²) in [4.78, 5) is 54.2. The van der Waals surface area contributed by atoms with Crippen molar-refractivity contribution in [3.05, 3.63) is 35.4 Å². The summed E-state index contributed by atoms with van der Waals surface area (Å²) in [5, 5.41) is 2.74. The second-order valence-electron chi connectivity index (χ2n) is 7.96. The molecule has 168 valence electrons. The third-order valence-electron chi connectivity index (χ3n) is 5.80. The van der Waals surface area contributed by atoms with Gasteiger partial charge in [0.25, 0.3) is 5.91 Å². The first kappa shape index (κ1) is 22.6. The predicted octanol–water partition coefficient (Wildman–Crippen LogP) is 1.71. The Hall–Kier alpha value is -3.10. The maximum absolute atomic E-state index is 13.1. The third kappa shape index (κ3) is 4.65. The fraction of sp³-hybridized carbons (Fsp3) is 0.545. The Morgan fingerprint density at radius 2 is 1.65 bits per heavy atom. The van der Waals surface area contributed by atoms with Gasteiger partial charge in [0, 0.05) is 26.2 Å². The summed E-state index contributed by atoms with van der Waals surface area (Å²) in [6.07, 6.45) is 1.57. The van der Waals surface area contributed by atoms with Crippen LogP contribution in [-0.2, 0) is 26.3 Å². The van der Waals surface area contributed by atoms with E-state index in [4.69, 9.17) is 4.74 Å². The molecule has 5 amide bonds. The molecule has 2 saturated heterocycles. The molecule has 3 rings (SSSR count). The number of carbonyl (C=O) groups is 4. The zero-order chi connectivity index (χ0) is 22.6. The molecule has 1 N–H and O–H groups in total. The van der Waals surface area contributed by atoms with E-state index in [9.17, 15) is 19.2 Å². The minimum Gasteiger partial charge on any atom is -0.450 e. The highest BCUT2D eigenvalue weighted by Gasteiger charge is 2.49. The SMILES string of the molecule is CCCc1ccc(C2(C)NC(=O)N(CC(=O)N3CCN(C(=O)OCC)CC3)C2=O)cc1. The van der Waals surface area contributed by atoms with Gasteiger partial charge in [-0.15, -0.1) is 0 Å². The number of imide groups is 1. The summed E-state index contributed by atoms with van der Waals surface area (Å²) in [5.74, 6) is -0.770. The van der Waals surface area contributed by atoms with Gasteiger partial charge in [-0.3, -0.25) is 14.5 Å². The average molecular weight is 431 g/mol. The van der Waals surface area contributed by atoms with Gasteiger partial charge in [0.15, 0.2) is 0 Å². The summed E-state index contributed by atoms with van der Waals surface area (Å²) in [6.45, 7) is 6.83. The minimum atomic E-state index is -1.20. The summed E-state index contributed by atoms with van der Waals surface area (Å²) < 4.78 is 4.98. The smallest absolute Gasteiger partial charge is 0.409 e. The lowest BCUT2D eigenvalue weighted by Gasteiger charge is -2.34. The van der Waals surface area contributed by atoms with Crippen LogP contribution in [0, 0.1) is 0 Å². The van der Waals surface area contributed by atoms with E-state index >= 15 is 0 Å². The molecule has 0 bridgehead atoms. The number of amides is 5. The molecule has 9 nitrogen and oxygen atoms in total. The lowest BCUT2D eigenvalue weighted by Crippen LogP contribution is -2.53. The zero-order valence-electron chi connectivity index (χ0n) is 18.3. The number of hydrogen-bond donors (Lipinski definition) is 1. The van der Waals surface area contributed by atoms with Gasteiger partial charge in [0.1, 0.15) is 12.1 Å². The molecule has 2 heterocycles. The van der Waals surface area contributed by atoms with Crippen LogP contribution >= 0.6 is 0 Å². The molecular formula is C22H30N4O5. The molecule has 0 radical (unpaired) electrons. The molecule has 1 atom stereocenters. The van der Waals surface area contributed by atoms with Crippen LogP contribution in [-0.4, -0.2) is 78.0 Å². The lowest BCUT2D eigenvalue weighted by molar-refractivity contribution is -0.139. The molecule has 9 heteroatoms. The van der Waals surface area contributed by atoms with Gasteiger partial charge in [0.2, 0.25) is 5.91 Å². The third-order valence-corrected chi connectivity index (χ3v) is 5.80. The van der Waals surface area contributed by atoms with E-state index in [0.29, 0.717) is 38.3 Å².